The molecule has 0 rings (SSSR count). The summed E-state index contributed by atoms with van der Waals surface area (Å²) >= 11 is 0. The van der Waals surface area contributed by atoms with Gasteiger partial charge in [-0.25, -0.2) is 9.13 Å². The van der Waals surface area contributed by atoms with Crippen molar-refractivity contribution in [2.75, 3.05) is 39.6 Å². The highest BCUT2D eigenvalue weighted by atomic mass is 31.2. The average Bonchev–Trinajstić information content (AvgIpc) is 3.10. The van der Waals surface area contributed by atoms with E-state index in [0.717, 1.165) is 114 Å². The quantitative estimate of drug-likeness (QED) is 0.0222. The second kappa shape index (κ2) is 63.5. The largest absolute Gasteiger partial charge is 0.472 e. The molecule has 0 fully saturated rings. The molecule has 0 bridgehead atoms. The molecule has 0 aliphatic carbocycles. The molecule has 5 atom stereocenters. The van der Waals surface area contributed by atoms with E-state index in [0.29, 0.717) is 25.7 Å². The van der Waals surface area contributed by atoms with Gasteiger partial charge in [0.05, 0.1) is 26.4 Å². The van der Waals surface area contributed by atoms with Gasteiger partial charge < -0.3 is 33.8 Å². The number of rotatable bonds is 71. The fourth-order valence-electron chi connectivity index (χ4n) is 11.2. The Morgan fingerprint density at radius 1 is 0.269 bits per heavy atom. The first-order valence-corrected chi connectivity index (χ1v) is 41.2. The summed E-state index contributed by atoms with van der Waals surface area (Å²) in [6.45, 7) is 14.2. The van der Waals surface area contributed by atoms with Crippen molar-refractivity contribution in [1.82, 2.24) is 0 Å². The summed E-state index contributed by atoms with van der Waals surface area (Å²) in [7, 11) is -9.91. The van der Waals surface area contributed by atoms with Crippen LogP contribution in [0.15, 0.2) is 0 Å². The van der Waals surface area contributed by atoms with Crippen molar-refractivity contribution in [3.05, 3.63) is 0 Å². The predicted octanol–water partition coefficient (Wildman–Crippen LogP) is 21.3. The molecule has 0 aromatic heterocycles. The van der Waals surface area contributed by atoms with Gasteiger partial charge in [-0.3, -0.25) is 37.3 Å². The second-order valence-corrected chi connectivity index (χ2v) is 31.5. The molecular formula is C74H144O17P2. The van der Waals surface area contributed by atoms with Crippen LogP contribution < -0.4 is 0 Å². The summed E-state index contributed by atoms with van der Waals surface area (Å²) in [6.07, 6.45) is 47.1. The van der Waals surface area contributed by atoms with Gasteiger partial charge in [-0.05, 0) is 49.4 Å². The molecule has 0 heterocycles. The van der Waals surface area contributed by atoms with Crippen molar-refractivity contribution >= 4 is 39.5 Å². The molecule has 552 valence electrons. The third-order valence-corrected chi connectivity index (χ3v) is 19.0. The number of hydrogen-bond donors (Lipinski definition) is 3. The van der Waals surface area contributed by atoms with E-state index in [2.05, 4.69) is 55.4 Å². The van der Waals surface area contributed by atoms with Crippen LogP contribution in [0.2, 0.25) is 0 Å². The van der Waals surface area contributed by atoms with Crippen LogP contribution in [0.5, 0.6) is 0 Å². The van der Waals surface area contributed by atoms with Gasteiger partial charge in [0.2, 0.25) is 0 Å². The molecule has 3 unspecified atom stereocenters. The summed E-state index contributed by atoms with van der Waals surface area (Å²) in [5, 5.41) is 10.6. The Morgan fingerprint density at radius 2 is 0.452 bits per heavy atom. The van der Waals surface area contributed by atoms with Crippen LogP contribution in [0.1, 0.15) is 370 Å². The maximum atomic E-state index is 13.1. The van der Waals surface area contributed by atoms with Crippen LogP contribution in [-0.2, 0) is 65.4 Å². The van der Waals surface area contributed by atoms with Crippen LogP contribution >= 0.6 is 15.6 Å². The van der Waals surface area contributed by atoms with Gasteiger partial charge in [0.25, 0.3) is 0 Å². The maximum absolute atomic E-state index is 13.1. The van der Waals surface area contributed by atoms with Crippen molar-refractivity contribution in [1.29, 1.82) is 0 Å². The molecular weight excluding hydrogens is 1220 g/mol. The molecule has 3 N–H and O–H groups in total. The van der Waals surface area contributed by atoms with E-state index in [-0.39, 0.29) is 25.7 Å². The smallest absolute Gasteiger partial charge is 0.462 e. The number of aliphatic hydroxyl groups is 1. The van der Waals surface area contributed by atoms with Crippen LogP contribution in [0.3, 0.4) is 0 Å². The van der Waals surface area contributed by atoms with Gasteiger partial charge in [-0.1, -0.05) is 319 Å². The van der Waals surface area contributed by atoms with Crippen LogP contribution in [0.4, 0.5) is 0 Å². The van der Waals surface area contributed by atoms with Crippen LogP contribution in [0.25, 0.3) is 0 Å². The number of ether oxygens (including phenoxy) is 4. The third kappa shape index (κ3) is 68.4. The standard InChI is InChI=1S/C74H144O17P2/c1-64(2)50-42-34-26-18-12-9-10-14-21-30-38-46-54-71(76)84-60-69(90-73(78)56-48-40-32-22-15-11-13-19-27-35-43-51-65(3)4)62-88-92(80,81)86-58-68(75)59-87-93(82,83)89-63-70(61-85-72(77)55-47-39-31-25-24-29-37-45-53-67(7)8)91-74(79)57-49-41-33-23-17-16-20-28-36-44-52-66(5)6/h64-70,75H,9-63H2,1-8H3,(H,80,81)(H,82,83)/t68?,69-,70-/m1/s1. The molecule has 0 aromatic carbocycles. The van der Waals surface area contributed by atoms with E-state index in [1.54, 1.807) is 0 Å². The highest BCUT2D eigenvalue weighted by Gasteiger charge is 2.30. The van der Waals surface area contributed by atoms with Crippen molar-refractivity contribution in [3.63, 3.8) is 0 Å². The van der Waals surface area contributed by atoms with E-state index >= 15 is 0 Å². The number of hydrogen-bond acceptors (Lipinski definition) is 15. The fourth-order valence-corrected chi connectivity index (χ4v) is 12.8. The van der Waals surface area contributed by atoms with E-state index in [1.807, 2.05) is 0 Å². The Labute approximate surface area is 568 Å². The molecule has 0 aliphatic rings. The van der Waals surface area contributed by atoms with Crippen LogP contribution in [-0.4, -0.2) is 96.7 Å². The normalized spacial score (nSPS) is 14.2. The molecule has 0 spiro atoms. The monoisotopic (exact) mass is 1370 g/mol. The lowest BCUT2D eigenvalue weighted by atomic mass is 10.0. The average molecular weight is 1370 g/mol. The summed E-state index contributed by atoms with van der Waals surface area (Å²) in [4.78, 5) is 72.7. The first kappa shape index (κ1) is 91.1. The minimum absolute atomic E-state index is 0.105. The van der Waals surface area contributed by atoms with E-state index in [4.69, 9.17) is 37.0 Å². The number of phosphoric acid groups is 2. The van der Waals surface area contributed by atoms with E-state index < -0.39 is 97.5 Å². The highest BCUT2D eigenvalue weighted by Crippen LogP contribution is 2.45. The lowest BCUT2D eigenvalue weighted by Crippen LogP contribution is -2.30. The Kier molecular flexibility index (Phi) is 62.2. The van der Waals surface area contributed by atoms with Gasteiger partial charge in [0.1, 0.15) is 19.3 Å². The topological polar surface area (TPSA) is 237 Å². The number of carbonyl (C=O) groups is 4. The molecule has 0 amide bonds. The van der Waals surface area contributed by atoms with Crippen molar-refractivity contribution in [3.8, 4) is 0 Å². The van der Waals surface area contributed by atoms with E-state index in [1.165, 1.54) is 173 Å². The van der Waals surface area contributed by atoms with E-state index in [9.17, 15) is 43.2 Å². The van der Waals surface area contributed by atoms with Gasteiger partial charge in [-0.15, -0.1) is 0 Å². The van der Waals surface area contributed by atoms with Gasteiger partial charge in [0, 0.05) is 25.7 Å². The zero-order valence-electron chi connectivity index (χ0n) is 60.9. The minimum Gasteiger partial charge on any atom is -0.462 e. The lowest BCUT2D eigenvalue weighted by Gasteiger charge is -2.21. The maximum Gasteiger partial charge on any atom is 0.472 e. The molecule has 19 heteroatoms. The van der Waals surface area contributed by atoms with Gasteiger partial charge in [0.15, 0.2) is 12.2 Å². The summed E-state index contributed by atoms with van der Waals surface area (Å²) in [5.41, 5.74) is 0. The molecule has 93 heavy (non-hydrogen) atoms. The lowest BCUT2D eigenvalue weighted by molar-refractivity contribution is -0.161. The van der Waals surface area contributed by atoms with Crippen molar-refractivity contribution in [2.45, 2.75) is 388 Å². The second-order valence-electron chi connectivity index (χ2n) is 28.6. The van der Waals surface area contributed by atoms with Crippen molar-refractivity contribution < 1.29 is 80.2 Å². The Morgan fingerprint density at radius 3 is 0.667 bits per heavy atom. The number of unbranched alkanes of at least 4 members (excludes halogenated alkanes) is 37. The van der Waals surface area contributed by atoms with Gasteiger partial charge in [-0.2, -0.15) is 0 Å². The SMILES string of the molecule is CC(C)CCCCCCCCCCCCCCC(=O)OC[C@H](COP(=O)(O)OCC(O)COP(=O)(O)OC[C@@H](COC(=O)CCCCCCCCCCC(C)C)OC(=O)CCCCCCCCCCCCC(C)C)OC(=O)CCCCCCCCCCCCCC(C)C. The Balaban J connectivity index is 5.27. The minimum atomic E-state index is -4.96. The number of phosphoric ester groups is 2. The highest BCUT2D eigenvalue weighted by molar-refractivity contribution is 7.47. The molecule has 0 saturated heterocycles. The van der Waals surface area contributed by atoms with Crippen LogP contribution in [0, 0.1) is 23.7 Å². The molecule has 0 aliphatic heterocycles. The first-order valence-electron chi connectivity index (χ1n) is 38.2. The zero-order chi connectivity index (χ0) is 68.9. The third-order valence-electron chi connectivity index (χ3n) is 17.1. The number of carbonyl (C=O) groups excluding carboxylic acids is 4. The summed E-state index contributed by atoms with van der Waals surface area (Å²) in [5.74, 6) is 0.902. The molecule has 0 aromatic rings. The van der Waals surface area contributed by atoms with Crippen molar-refractivity contribution in [2.24, 2.45) is 23.7 Å². The Hall–Kier alpha value is -1.94. The predicted molar refractivity (Wildman–Crippen MR) is 377 cm³/mol. The fraction of sp³-hybridized carbons (Fsp3) is 0.946. The first-order chi connectivity index (χ1) is 44.6. The Bertz CT molecular complexity index is 1830. The number of aliphatic hydroxyl groups excluding tert-OH is 1. The number of esters is 4. The zero-order valence-corrected chi connectivity index (χ0v) is 62.7. The molecule has 0 radical (unpaired) electrons. The van der Waals surface area contributed by atoms with Gasteiger partial charge >= 0.3 is 39.5 Å². The molecule has 17 nitrogen and oxygen atoms in total. The molecule has 0 saturated carbocycles. The summed E-state index contributed by atoms with van der Waals surface area (Å²) < 4.78 is 68.5. The summed E-state index contributed by atoms with van der Waals surface area (Å²) in [6, 6.07) is 0.